The topological polar surface area (TPSA) is 61.0 Å². The predicted molar refractivity (Wildman–Crippen MR) is 128 cm³/mol. The van der Waals surface area contributed by atoms with E-state index in [-0.39, 0.29) is 25.3 Å². The quantitative estimate of drug-likeness (QED) is 0.359. The second-order valence-corrected chi connectivity index (χ2v) is 2.89. The first-order chi connectivity index (χ1) is 11.7. The third-order valence-corrected chi connectivity index (χ3v) is 1.12. The van der Waals surface area contributed by atoms with Gasteiger partial charge < -0.3 is 11.9 Å². The van der Waals surface area contributed by atoms with E-state index in [4.69, 9.17) is 25.2 Å². The highest BCUT2D eigenvalue weighted by atomic mass is 32.1. The van der Waals surface area contributed by atoms with E-state index >= 15 is 0 Å². The van der Waals surface area contributed by atoms with Gasteiger partial charge in [0.05, 0.1) is 11.3 Å². The van der Waals surface area contributed by atoms with E-state index in [0.29, 0.717) is 5.57 Å². The number of rotatable bonds is 1. The van der Waals surface area contributed by atoms with Crippen LogP contribution < -0.4 is 11.9 Å². The summed E-state index contributed by atoms with van der Waals surface area (Å²) in [6, 6.07) is 0. The van der Waals surface area contributed by atoms with Crippen LogP contribution in [0.25, 0.3) is 0 Å². The van der Waals surface area contributed by atoms with Crippen LogP contribution >= 0.6 is 13.5 Å². The van der Waals surface area contributed by atoms with Gasteiger partial charge in [0.2, 0.25) is 0 Å². The Morgan fingerprint density at radius 1 is 1.00 bits per heavy atom. The standard InChI is InChI=1S/C14H8N.C3H8.2C2H6.C2H4.H3N.H2S/c1-4-9-13(6-3)11-7-8-12-14(15)10-5-2;1-3-2;3*1-2;;/h1-4,9-10H,15H2;3H2,1-2H3;2*1-2H3;1-2H2;1H3;1H2/b4-1?,13-9+,14-10+;;;;;;. The van der Waals surface area contributed by atoms with E-state index in [1.165, 1.54) is 24.6 Å². The average molecular weight is 374 g/mol. The average Bonchev–Trinajstić information content (AvgIpc) is 2.64. The van der Waals surface area contributed by atoms with Gasteiger partial charge in [0, 0.05) is 6.08 Å². The molecule has 0 unspecified atom stereocenters. The molecule has 0 saturated carbocycles. The van der Waals surface area contributed by atoms with Gasteiger partial charge in [-0.2, -0.15) is 13.5 Å². The maximum Gasteiger partial charge on any atom is 0.0922 e. The Labute approximate surface area is 171 Å². The van der Waals surface area contributed by atoms with Crippen molar-refractivity contribution in [2.24, 2.45) is 5.73 Å². The van der Waals surface area contributed by atoms with E-state index in [2.05, 4.69) is 62.5 Å². The molecule has 0 fully saturated rings. The first-order valence-electron chi connectivity index (χ1n) is 7.81. The van der Waals surface area contributed by atoms with Gasteiger partial charge in [0.25, 0.3) is 0 Å². The molecule has 0 bridgehead atoms. The van der Waals surface area contributed by atoms with Crippen molar-refractivity contribution in [1.82, 2.24) is 6.15 Å². The van der Waals surface area contributed by atoms with Crippen LogP contribution in [-0.4, -0.2) is 0 Å². The first-order valence-corrected chi connectivity index (χ1v) is 7.81. The van der Waals surface area contributed by atoms with Gasteiger partial charge in [-0.05, 0) is 29.8 Å². The van der Waals surface area contributed by atoms with Crippen molar-refractivity contribution in [3.63, 3.8) is 0 Å². The van der Waals surface area contributed by atoms with Crippen molar-refractivity contribution in [1.29, 1.82) is 0 Å². The molecule has 0 amide bonds. The summed E-state index contributed by atoms with van der Waals surface area (Å²) in [5, 5.41) is 0. The molecule has 1 radical (unpaired) electrons. The molecule has 0 aromatic heterocycles. The minimum absolute atomic E-state index is 0. The zero-order valence-corrected chi connectivity index (χ0v) is 18.4. The summed E-state index contributed by atoms with van der Waals surface area (Å²) in [5.41, 5.74) is 6.12. The van der Waals surface area contributed by atoms with E-state index < -0.39 is 0 Å². The van der Waals surface area contributed by atoms with Crippen LogP contribution in [0.15, 0.2) is 42.7 Å². The molecule has 0 spiro atoms. The molecule has 0 aromatic carbocycles. The lowest BCUT2D eigenvalue weighted by Crippen LogP contribution is -1.91. The Bertz CT molecular complexity index is 533. The van der Waals surface area contributed by atoms with Crippen molar-refractivity contribution >= 4 is 13.5 Å². The Hall–Kier alpha value is -2.69. The molecule has 0 aliphatic rings. The predicted octanol–water partition coefficient (Wildman–Crippen LogP) is 5.56. The molecule has 5 N–H and O–H groups in total. The zero-order valence-electron chi connectivity index (χ0n) is 17.4. The second kappa shape index (κ2) is 57.2. The monoisotopic (exact) mass is 373 g/mol. The van der Waals surface area contributed by atoms with Crippen LogP contribution in [-0.2, 0) is 0 Å². The van der Waals surface area contributed by atoms with Crippen molar-refractivity contribution in [3.8, 4) is 48.4 Å². The summed E-state index contributed by atoms with van der Waals surface area (Å²) in [5.74, 6) is 14.8. The summed E-state index contributed by atoms with van der Waals surface area (Å²) in [4.78, 5) is 0. The molecule has 2 nitrogen and oxygen atoms in total. The van der Waals surface area contributed by atoms with Crippen LogP contribution in [0.5, 0.6) is 0 Å². The second-order valence-electron chi connectivity index (χ2n) is 2.89. The SMILES string of the molecule is C=C.CC.CC.CCC.N.S.[CH]=C/C=C(\C#C)C#CC#C/C(N)=C\C#C. The highest BCUT2D eigenvalue weighted by molar-refractivity contribution is 7.59. The van der Waals surface area contributed by atoms with Crippen LogP contribution in [0.2, 0.25) is 0 Å². The minimum Gasteiger partial charge on any atom is -0.391 e. The molecule has 0 aliphatic heterocycles. The fourth-order valence-electron chi connectivity index (χ4n) is 0.550. The Kier molecular flexibility index (Phi) is 95.9. The van der Waals surface area contributed by atoms with Crippen LogP contribution in [0, 0.1) is 54.9 Å². The number of hydrogen-bond donors (Lipinski definition) is 2. The Morgan fingerprint density at radius 2 is 1.38 bits per heavy atom. The highest BCUT2D eigenvalue weighted by Gasteiger charge is 1.79. The van der Waals surface area contributed by atoms with E-state index in [1.54, 1.807) is 0 Å². The van der Waals surface area contributed by atoms with Gasteiger partial charge in [0.1, 0.15) is 0 Å². The summed E-state index contributed by atoms with van der Waals surface area (Å²) < 4.78 is 0. The minimum atomic E-state index is 0. The number of terminal acetylenes is 2. The molecular formula is C23H37N2S. The van der Waals surface area contributed by atoms with Crippen molar-refractivity contribution in [2.45, 2.75) is 48.0 Å². The maximum absolute atomic E-state index is 5.39. The molecular weight excluding hydrogens is 336 g/mol. The molecule has 145 valence electrons. The normalized spacial score (nSPS) is 6.77. The molecule has 0 aromatic rings. The van der Waals surface area contributed by atoms with Crippen molar-refractivity contribution in [2.75, 3.05) is 0 Å². The van der Waals surface area contributed by atoms with E-state index in [1.807, 2.05) is 27.7 Å². The molecule has 3 heteroatoms. The van der Waals surface area contributed by atoms with Gasteiger partial charge in [-0.15, -0.1) is 26.0 Å². The van der Waals surface area contributed by atoms with Gasteiger partial charge >= 0.3 is 0 Å². The van der Waals surface area contributed by atoms with Gasteiger partial charge in [0.15, 0.2) is 0 Å². The van der Waals surface area contributed by atoms with Gasteiger partial charge in [-0.3, -0.25) is 0 Å². The molecule has 0 atom stereocenters. The summed E-state index contributed by atoms with van der Waals surface area (Å²) >= 11 is 0. The smallest absolute Gasteiger partial charge is 0.0922 e. The zero-order chi connectivity index (χ0) is 20.2. The maximum atomic E-state index is 5.39. The molecule has 26 heavy (non-hydrogen) atoms. The van der Waals surface area contributed by atoms with Crippen molar-refractivity contribution < 1.29 is 0 Å². The van der Waals surface area contributed by atoms with Gasteiger partial charge in [-0.1, -0.05) is 72.5 Å². The fraction of sp³-hybridized carbons (Fsp3) is 0.304. The third-order valence-electron chi connectivity index (χ3n) is 1.12. The lowest BCUT2D eigenvalue weighted by Gasteiger charge is -1.80. The summed E-state index contributed by atoms with van der Waals surface area (Å²) in [6.45, 7) is 23.4. The highest BCUT2D eigenvalue weighted by Crippen LogP contribution is 1.88. The van der Waals surface area contributed by atoms with Crippen molar-refractivity contribution in [3.05, 3.63) is 49.2 Å². The van der Waals surface area contributed by atoms with Crippen LogP contribution in [0.3, 0.4) is 0 Å². The summed E-state index contributed by atoms with van der Waals surface area (Å²) in [7, 11) is 0. The third kappa shape index (κ3) is 58.0. The summed E-state index contributed by atoms with van der Waals surface area (Å²) in [6.07, 6.45) is 15.5. The molecule has 0 heterocycles. The van der Waals surface area contributed by atoms with Crippen LogP contribution in [0.4, 0.5) is 0 Å². The number of nitrogens with two attached hydrogens (primary N) is 1. The Morgan fingerprint density at radius 3 is 1.69 bits per heavy atom. The molecule has 0 saturated heterocycles. The lowest BCUT2D eigenvalue weighted by atomic mass is 10.2. The molecule has 0 rings (SSSR count). The first kappa shape index (κ1) is 43.6. The number of allylic oxidation sites excluding steroid dienone is 5. The van der Waals surface area contributed by atoms with Gasteiger partial charge in [-0.25, -0.2) is 0 Å². The largest absolute Gasteiger partial charge is 0.391 e. The van der Waals surface area contributed by atoms with E-state index in [9.17, 15) is 0 Å². The number of hydrogen-bond acceptors (Lipinski definition) is 2. The molecule has 0 aliphatic carbocycles. The van der Waals surface area contributed by atoms with Crippen LogP contribution in [0.1, 0.15) is 48.0 Å². The Balaban J connectivity index is -0.0000000564. The van der Waals surface area contributed by atoms with E-state index in [0.717, 1.165) is 0 Å². The fourth-order valence-corrected chi connectivity index (χ4v) is 0.550. The lowest BCUT2D eigenvalue weighted by molar-refractivity contribution is 1.09.